The zero-order valence-electron chi connectivity index (χ0n) is 12.6. The lowest BCUT2D eigenvalue weighted by molar-refractivity contribution is 0.174. The molecule has 2 heterocycles. The molecule has 0 aliphatic carbocycles. The van der Waals surface area contributed by atoms with Crippen molar-refractivity contribution in [2.24, 2.45) is 0 Å². The Morgan fingerprint density at radius 3 is 2.54 bits per heavy atom. The Hall–Kier alpha value is -3.59. The molecule has 6 nitrogen and oxygen atoms in total. The fourth-order valence-corrected chi connectivity index (χ4v) is 2.56. The van der Waals surface area contributed by atoms with Crippen LogP contribution in [0.15, 0.2) is 48.5 Å². The van der Waals surface area contributed by atoms with E-state index >= 15 is 0 Å². The van der Waals surface area contributed by atoms with Gasteiger partial charge < -0.3 is 15.2 Å². The van der Waals surface area contributed by atoms with Crippen LogP contribution in [0.5, 0.6) is 11.5 Å². The van der Waals surface area contributed by atoms with Crippen molar-refractivity contribution in [1.29, 1.82) is 5.26 Å². The van der Waals surface area contributed by atoms with Crippen LogP contribution >= 0.6 is 0 Å². The molecule has 0 atom stereocenters. The normalized spacial score (nSPS) is 12.0. The van der Waals surface area contributed by atoms with Crippen LogP contribution < -0.4 is 15.2 Å². The molecule has 0 fully saturated rings. The molecule has 0 bridgehead atoms. The molecule has 6 heteroatoms. The number of nitrogens with two attached hydrogens (primary N) is 1. The molecule has 116 valence electrons. The summed E-state index contributed by atoms with van der Waals surface area (Å²) >= 11 is 0. The Kier molecular flexibility index (Phi) is 3.25. The van der Waals surface area contributed by atoms with Crippen molar-refractivity contribution in [1.82, 2.24) is 9.97 Å². The largest absolute Gasteiger partial charge is 0.454 e. The van der Waals surface area contributed by atoms with Crippen LogP contribution in [0.2, 0.25) is 0 Å². The molecule has 2 aromatic carbocycles. The van der Waals surface area contributed by atoms with Crippen LogP contribution in [0.1, 0.15) is 5.56 Å². The summed E-state index contributed by atoms with van der Waals surface area (Å²) in [6.07, 6.45) is 0. The van der Waals surface area contributed by atoms with Gasteiger partial charge in [-0.1, -0.05) is 30.3 Å². The number of anilines is 1. The van der Waals surface area contributed by atoms with E-state index in [1.54, 1.807) is 12.1 Å². The fourth-order valence-electron chi connectivity index (χ4n) is 2.56. The molecule has 0 unspecified atom stereocenters. The van der Waals surface area contributed by atoms with Crippen LogP contribution in [-0.2, 0) is 0 Å². The van der Waals surface area contributed by atoms with Gasteiger partial charge in [-0.15, -0.1) is 0 Å². The number of hydrogen-bond donors (Lipinski definition) is 1. The van der Waals surface area contributed by atoms with E-state index in [1.165, 1.54) is 0 Å². The molecule has 0 spiro atoms. The van der Waals surface area contributed by atoms with E-state index in [2.05, 4.69) is 16.0 Å². The highest BCUT2D eigenvalue weighted by Crippen LogP contribution is 2.37. The van der Waals surface area contributed by atoms with Crippen molar-refractivity contribution in [2.75, 3.05) is 12.5 Å². The van der Waals surface area contributed by atoms with E-state index in [1.807, 2.05) is 36.4 Å². The first-order valence-electron chi connectivity index (χ1n) is 7.29. The predicted octanol–water partition coefficient (Wildman–Crippen LogP) is 2.99. The smallest absolute Gasteiger partial charge is 0.231 e. The fraction of sp³-hybridized carbons (Fsp3) is 0.0556. The van der Waals surface area contributed by atoms with Gasteiger partial charge in [0.15, 0.2) is 17.3 Å². The van der Waals surface area contributed by atoms with E-state index < -0.39 is 0 Å². The third-order valence-corrected chi connectivity index (χ3v) is 3.73. The first-order valence-corrected chi connectivity index (χ1v) is 7.29. The summed E-state index contributed by atoms with van der Waals surface area (Å²) in [5.41, 5.74) is 8.26. The zero-order chi connectivity index (χ0) is 16.5. The standard InChI is InChI=1S/C18H12N4O2/c19-9-13-16(12-6-7-14-15(8-12)24-10-23-14)21-18(22-17(13)20)11-4-2-1-3-5-11/h1-8H,10H2,(H2,20,21,22). The molecular formula is C18H12N4O2. The second kappa shape index (κ2) is 5.56. The Morgan fingerprint density at radius 1 is 0.958 bits per heavy atom. The minimum absolute atomic E-state index is 0.152. The van der Waals surface area contributed by atoms with Crippen LogP contribution in [0, 0.1) is 11.3 Å². The predicted molar refractivity (Wildman–Crippen MR) is 88.2 cm³/mol. The van der Waals surface area contributed by atoms with Crippen LogP contribution in [-0.4, -0.2) is 16.8 Å². The van der Waals surface area contributed by atoms with Gasteiger partial charge in [0.2, 0.25) is 6.79 Å². The maximum atomic E-state index is 9.45. The van der Waals surface area contributed by atoms with Gasteiger partial charge in [-0.2, -0.15) is 5.26 Å². The molecule has 2 N–H and O–H groups in total. The molecule has 0 saturated heterocycles. The summed E-state index contributed by atoms with van der Waals surface area (Å²) in [7, 11) is 0. The number of nitrogen functional groups attached to an aromatic ring is 1. The number of nitrogens with zero attached hydrogens (tertiary/aromatic N) is 3. The molecule has 0 radical (unpaired) electrons. The summed E-state index contributed by atoms with van der Waals surface area (Å²) in [6, 6.07) is 17.0. The summed E-state index contributed by atoms with van der Waals surface area (Å²) in [4.78, 5) is 8.82. The van der Waals surface area contributed by atoms with E-state index in [4.69, 9.17) is 15.2 Å². The molecular weight excluding hydrogens is 304 g/mol. The highest BCUT2D eigenvalue weighted by molar-refractivity contribution is 5.76. The molecule has 0 saturated carbocycles. The van der Waals surface area contributed by atoms with Crippen LogP contribution in [0.25, 0.3) is 22.6 Å². The lowest BCUT2D eigenvalue weighted by Crippen LogP contribution is -2.03. The number of rotatable bonds is 2. The summed E-state index contributed by atoms with van der Waals surface area (Å²) < 4.78 is 10.7. The Morgan fingerprint density at radius 2 is 1.75 bits per heavy atom. The van der Waals surface area contributed by atoms with E-state index in [9.17, 15) is 5.26 Å². The molecule has 1 aromatic heterocycles. The van der Waals surface area contributed by atoms with Gasteiger partial charge in [0.05, 0.1) is 5.69 Å². The van der Waals surface area contributed by atoms with Crippen molar-refractivity contribution >= 4 is 5.82 Å². The third kappa shape index (κ3) is 2.29. The van der Waals surface area contributed by atoms with E-state index in [0.717, 1.165) is 11.1 Å². The average molecular weight is 316 g/mol. The van der Waals surface area contributed by atoms with Gasteiger partial charge in [0, 0.05) is 11.1 Å². The zero-order valence-corrected chi connectivity index (χ0v) is 12.6. The third-order valence-electron chi connectivity index (χ3n) is 3.73. The van der Waals surface area contributed by atoms with Gasteiger partial charge >= 0.3 is 0 Å². The van der Waals surface area contributed by atoms with Crippen LogP contribution in [0.4, 0.5) is 5.82 Å². The quantitative estimate of drug-likeness (QED) is 0.781. The Labute approximate surface area is 138 Å². The van der Waals surface area contributed by atoms with Crippen molar-refractivity contribution < 1.29 is 9.47 Å². The first-order chi connectivity index (χ1) is 11.8. The van der Waals surface area contributed by atoms with Gasteiger partial charge in [0.25, 0.3) is 0 Å². The molecule has 3 aromatic rings. The number of benzene rings is 2. The summed E-state index contributed by atoms with van der Waals surface area (Å²) in [6.45, 7) is 0.186. The molecule has 0 amide bonds. The second-order valence-electron chi connectivity index (χ2n) is 5.20. The maximum absolute atomic E-state index is 9.45. The average Bonchev–Trinajstić information content (AvgIpc) is 3.09. The van der Waals surface area contributed by atoms with E-state index in [-0.39, 0.29) is 18.2 Å². The topological polar surface area (TPSA) is 94.1 Å². The number of fused-ring (bicyclic) bond motifs is 1. The monoisotopic (exact) mass is 316 g/mol. The molecule has 4 rings (SSSR count). The maximum Gasteiger partial charge on any atom is 0.231 e. The highest BCUT2D eigenvalue weighted by Gasteiger charge is 2.19. The van der Waals surface area contributed by atoms with Gasteiger partial charge in [-0.05, 0) is 18.2 Å². The summed E-state index contributed by atoms with van der Waals surface area (Å²) in [5, 5.41) is 9.45. The van der Waals surface area contributed by atoms with Gasteiger partial charge in [-0.3, -0.25) is 0 Å². The molecule has 24 heavy (non-hydrogen) atoms. The van der Waals surface area contributed by atoms with Crippen molar-refractivity contribution in [2.45, 2.75) is 0 Å². The number of aromatic nitrogens is 2. The molecule has 1 aliphatic rings. The number of ether oxygens (including phenoxy) is 2. The lowest BCUT2D eigenvalue weighted by Gasteiger charge is -2.09. The highest BCUT2D eigenvalue weighted by atomic mass is 16.7. The lowest BCUT2D eigenvalue weighted by atomic mass is 10.1. The first kappa shape index (κ1) is 14.0. The van der Waals surface area contributed by atoms with Gasteiger partial charge in [0.1, 0.15) is 17.5 Å². The molecule has 1 aliphatic heterocycles. The van der Waals surface area contributed by atoms with Gasteiger partial charge in [-0.25, -0.2) is 9.97 Å². The number of hydrogen-bond acceptors (Lipinski definition) is 6. The number of nitriles is 1. The van der Waals surface area contributed by atoms with Crippen molar-refractivity contribution in [3.63, 3.8) is 0 Å². The van der Waals surface area contributed by atoms with Crippen molar-refractivity contribution in [3.05, 3.63) is 54.1 Å². The van der Waals surface area contributed by atoms with E-state index in [0.29, 0.717) is 23.0 Å². The minimum Gasteiger partial charge on any atom is -0.454 e. The van der Waals surface area contributed by atoms with Crippen LogP contribution in [0.3, 0.4) is 0 Å². The van der Waals surface area contributed by atoms with Crippen molar-refractivity contribution in [3.8, 4) is 40.2 Å². The Bertz CT molecular complexity index is 965. The minimum atomic E-state index is 0.152. The Balaban J connectivity index is 1.91. The second-order valence-corrected chi connectivity index (χ2v) is 5.20. The SMILES string of the molecule is N#Cc1c(N)nc(-c2ccccc2)nc1-c1ccc2c(c1)OCO2. The summed E-state index contributed by atoms with van der Waals surface area (Å²) in [5.74, 6) is 1.91.